The Morgan fingerprint density at radius 1 is 1.54 bits per heavy atom. The minimum absolute atomic E-state index is 0.386. The number of thiophene rings is 1. The van der Waals surface area contributed by atoms with Crippen molar-refractivity contribution in [1.29, 1.82) is 0 Å². The number of nitrogen functional groups attached to an aromatic ring is 1. The molecule has 0 atom stereocenters. The van der Waals surface area contributed by atoms with E-state index in [4.69, 9.17) is 17.3 Å². The third kappa shape index (κ3) is 1.20. The molecule has 2 aromatic rings. The van der Waals surface area contributed by atoms with Crippen molar-refractivity contribution in [3.8, 4) is 0 Å². The zero-order chi connectivity index (χ0) is 9.42. The highest BCUT2D eigenvalue weighted by Crippen LogP contribution is 2.33. The van der Waals surface area contributed by atoms with Gasteiger partial charge in [-0.2, -0.15) is 0 Å². The predicted molar refractivity (Wildman–Crippen MR) is 56.6 cm³/mol. The van der Waals surface area contributed by atoms with Crippen molar-refractivity contribution in [2.45, 2.75) is 0 Å². The number of anilines is 1. The summed E-state index contributed by atoms with van der Waals surface area (Å²) >= 11 is 7.37. The first-order chi connectivity index (χ1) is 6.24. The number of hydrogen-bond donors (Lipinski definition) is 1. The van der Waals surface area contributed by atoms with Crippen molar-refractivity contribution in [2.75, 3.05) is 5.73 Å². The smallest absolute Gasteiger partial charge is 0.153 e. The molecular weight excluding hydrogens is 206 g/mol. The van der Waals surface area contributed by atoms with E-state index < -0.39 is 0 Å². The van der Waals surface area contributed by atoms with Gasteiger partial charge in [0.25, 0.3) is 0 Å². The van der Waals surface area contributed by atoms with Crippen molar-refractivity contribution in [2.24, 2.45) is 0 Å². The highest BCUT2D eigenvalue weighted by molar-refractivity contribution is 7.17. The van der Waals surface area contributed by atoms with Crippen LogP contribution in [-0.4, -0.2) is 6.29 Å². The van der Waals surface area contributed by atoms with Gasteiger partial charge in [0.2, 0.25) is 0 Å². The van der Waals surface area contributed by atoms with Gasteiger partial charge in [-0.25, -0.2) is 0 Å². The first-order valence-electron chi connectivity index (χ1n) is 3.64. The molecule has 0 bridgehead atoms. The van der Waals surface area contributed by atoms with E-state index in [2.05, 4.69) is 0 Å². The fraction of sp³-hybridized carbons (Fsp3) is 0. The molecule has 0 saturated heterocycles. The number of aldehydes is 1. The SMILES string of the molecule is Nc1c(C=O)c(Cl)cc2ccsc12. The first kappa shape index (κ1) is 8.53. The van der Waals surface area contributed by atoms with Crippen LogP contribution in [0.15, 0.2) is 17.5 Å². The van der Waals surface area contributed by atoms with E-state index >= 15 is 0 Å². The molecule has 1 aromatic carbocycles. The Morgan fingerprint density at radius 3 is 3.00 bits per heavy atom. The third-order valence-electron chi connectivity index (χ3n) is 1.89. The average Bonchev–Trinajstić information content (AvgIpc) is 2.53. The molecule has 0 saturated carbocycles. The Bertz CT molecular complexity index is 478. The lowest BCUT2D eigenvalue weighted by molar-refractivity contribution is 0.112. The van der Waals surface area contributed by atoms with Gasteiger partial charge < -0.3 is 5.73 Å². The van der Waals surface area contributed by atoms with Crippen LogP contribution in [0, 0.1) is 0 Å². The van der Waals surface area contributed by atoms with Crippen LogP contribution in [0.25, 0.3) is 10.1 Å². The topological polar surface area (TPSA) is 43.1 Å². The number of carbonyl (C=O) groups excluding carboxylic acids is 1. The van der Waals surface area contributed by atoms with E-state index in [-0.39, 0.29) is 0 Å². The van der Waals surface area contributed by atoms with Crippen LogP contribution < -0.4 is 5.73 Å². The molecule has 4 heteroatoms. The van der Waals surface area contributed by atoms with Gasteiger partial charge >= 0.3 is 0 Å². The molecule has 0 aliphatic heterocycles. The van der Waals surface area contributed by atoms with Crippen LogP contribution >= 0.6 is 22.9 Å². The average molecular weight is 212 g/mol. The largest absolute Gasteiger partial charge is 0.397 e. The van der Waals surface area contributed by atoms with Gasteiger partial charge in [0.1, 0.15) is 0 Å². The van der Waals surface area contributed by atoms with Crippen molar-refractivity contribution in [3.05, 3.63) is 28.1 Å². The van der Waals surface area contributed by atoms with Gasteiger partial charge in [-0.3, -0.25) is 4.79 Å². The minimum Gasteiger partial charge on any atom is -0.397 e. The lowest BCUT2D eigenvalue weighted by Crippen LogP contribution is -1.93. The van der Waals surface area contributed by atoms with Crippen LogP contribution in [0.2, 0.25) is 5.02 Å². The fourth-order valence-corrected chi connectivity index (χ4v) is 2.35. The summed E-state index contributed by atoms with van der Waals surface area (Å²) in [5.41, 5.74) is 6.63. The maximum Gasteiger partial charge on any atom is 0.153 e. The lowest BCUT2D eigenvalue weighted by Gasteiger charge is -2.02. The molecule has 0 unspecified atom stereocenters. The van der Waals surface area contributed by atoms with Gasteiger partial charge in [-0.1, -0.05) is 11.6 Å². The van der Waals surface area contributed by atoms with Gasteiger partial charge in [-0.05, 0) is 22.9 Å². The van der Waals surface area contributed by atoms with Crippen LogP contribution in [0.1, 0.15) is 10.4 Å². The zero-order valence-corrected chi connectivity index (χ0v) is 8.15. The Morgan fingerprint density at radius 2 is 2.31 bits per heavy atom. The van der Waals surface area contributed by atoms with Gasteiger partial charge in [0.15, 0.2) is 6.29 Å². The Kier molecular flexibility index (Phi) is 1.98. The van der Waals surface area contributed by atoms with Gasteiger partial charge in [-0.15, -0.1) is 11.3 Å². The van der Waals surface area contributed by atoms with Crippen molar-refractivity contribution < 1.29 is 4.79 Å². The maximum atomic E-state index is 10.7. The second-order valence-corrected chi connectivity index (χ2v) is 3.97. The Balaban J connectivity index is 2.92. The van der Waals surface area contributed by atoms with Crippen LogP contribution in [0.5, 0.6) is 0 Å². The van der Waals surface area contributed by atoms with Crippen molar-refractivity contribution in [3.63, 3.8) is 0 Å². The fourth-order valence-electron chi connectivity index (χ4n) is 1.24. The van der Waals surface area contributed by atoms with Crippen molar-refractivity contribution in [1.82, 2.24) is 0 Å². The second-order valence-electron chi connectivity index (χ2n) is 2.64. The predicted octanol–water partition coefficient (Wildman–Crippen LogP) is 2.95. The Labute approximate surface area is 83.9 Å². The number of rotatable bonds is 1. The van der Waals surface area contributed by atoms with Gasteiger partial charge in [0.05, 0.1) is 21.0 Å². The molecule has 0 spiro atoms. The lowest BCUT2D eigenvalue weighted by atomic mass is 10.1. The monoisotopic (exact) mass is 211 g/mol. The molecule has 13 heavy (non-hydrogen) atoms. The molecule has 0 aliphatic carbocycles. The summed E-state index contributed by atoms with van der Waals surface area (Å²) < 4.78 is 0.923. The van der Waals surface area contributed by atoms with E-state index in [1.54, 1.807) is 6.07 Å². The number of nitrogens with two attached hydrogens (primary N) is 1. The molecule has 0 fully saturated rings. The molecule has 0 amide bonds. The first-order valence-corrected chi connectivity index (χ1v) is 4.90. The minimum atomic E-state index is 0.386. The van der Waals surface area contributed by atoms with Crippen molar-refractivity contribution >= 4 is 45.0 Å². The zero-order valence-electron chi connectivity index (χ0n) is 6.58. The molecule has 66 valence electrons. The highest BCUT2D eigenvalue weighted by atomic mass is 35.5. The molecule has 0 radical (unpaired) electrons. The molecule has 1 aromatic heterocycles. The summed E-state index contributed by atoms with van der Waals surface area (Å²) in [6.45, 7) is 0. The number of benzene rings is 1. The number of fused-ring (bicyclic) bond motifs is 1. The van der Waals surface area contributed by atoms with Crippen LogP contribution in [-0.2, 0) is 0 Å². The highest BCUT2D eigenvalue weighted by Gasteiger charge is 2.09. The summed E-state index contributed by atoms with van der Waals surface area (Å²) in [6, 6.07) is 3.68. The summed E-state index contributed by atoms with van der Waals surface area (Å²) in [6.07, 6.45) is 0.691. The molecule has 2 N–H and O–H groups in total. The van der Waals surface area contributed by atoms with Crippen LogP contribution in [0.4, 0.5) is 5.69 Å². The maximum absolute atomic E-state index is 10.7. The van der Waals surface area contributed by atoms with E-state index in [1.807, 2.05) is 11.4 Å². The number of hydrogen-bond acceptors (Lipinski definition) is 3. The second kappa shape index (κ2) is 3.01. The molecular formula is C9H6ClNOS. The summed E-state index contributed by atoms with van der Waals surface area (Å²) in [7, 11) is 0. The third-order valence-corrected chi connectivity index (χ3v) is 3.16. The molecule has 2 nitrogen and oxygen atoms in total. The Hall–Kier alpha value is -1.06. The summed E-state index contributed by atoms with van der Waals surface area (Å²) in [4.78, 5) is 10.7. The molecule has 2 rings (SSSR count). The van der Waals surface area contributed by atoms with Crippen LogP contribution in [0.3, 0.4) is 0 Å². The van der Waals surface area contributed by atoms with E-state index in [1.165, 1.54) is 11.3 Å². The summed E-state index contributed by atoms with van der Waals surface area (Å²) in [5, 5.41) is 3.32. The van der Waals surface area contributed by atoms with E-state index in [0.29, 0.717) is 22.6 Å². The standard InChI is InChI=1S/C9H6ClNOS/c10-7-3-5-1-2-13-9(5)8(11)6(7)4-12/h1-4H,11H2. The number of carbonyl (C=O) groups is 1. The molecule has 1 heterocycles. The normalized spacial score (nSPS) is 10.5. The van der Waals surface area contributed by atoms with Gasteiger partial charge in [0, 0.05) is 0 Å². The van der Waals surface area contributed by atoms with E-state index in [9.17, 15) is 4.79 Å². The summed E-state index contributed by atoms with van der Waals surface area (Å²) in [5.74, 6) is 0. The van der Waals surface area contributed by atoms with E-state index in [0.717, 1.165) is 10.1 Å². The number of halogens is 1. The quantitative estimate of drug-likeness (QED) is 0.582. The molecule has 0 aliphatic rings.